The van der Waals surface area contributed by atoms with E-state index in [1.807, 2.05) is 34.9 Å². The van der Waals surface area contributed by atoms with Crippen molar-refractivity contribution in [3.8, 4) is 0 Å². The Morgan fingerprint density at radius 2 is 1.88 bits per heavy atom. The van der Waals surface area contributed by atoms with Gasteiger partial charge in [-0.2, -0.15) is 0 Å². The zero-order valence-corrected chi connectivity index (χ0v) is 11.7. The highest BCUT2D eigenvalue weighted by Gasteiger charge is 2.22. The fourth-order valence-electron chi connectivity index (χ4n) is 1.50. The van der Waals surface area contributed by atoms with Gasteiger partial charge < -0.3 is 15.3 Å². The van der Waals surface area contributed by atoms with Gasteiger partial charge in [-0.3, -0.25) is 0 Å². The van der Waals surface area contributed by atoms with Crippen molar-refractivity contribution in [1.82, 2.24) is 0 Å². The van der Waals surface area contributed by atoms with Gasteiger partial charge in [0.25, 0.3) is 0 Å². The standard InChI is InChI=1S/C14H24N2O/c1-10-9-12(16(5)6)7-8-13(10)15-11(2)14(3,4)17/h7-9,11,15,17H,1-6H3. The molecule has 3 nitrogen and oxygen atoms in total. The van der Waals surface area contributed by atoms with Crippen LogP contribution in [0.2, 0.25) is 0 Å². The van der Waals surface area contributed by atoms with Crippen LogP contribution in [0.5, 0.6) is 0 Å². The van der Waals surface area contributed by atoms with Crippen LogP contribution in [-0.4, -0.2) is 30.8 Å². The summed E-state index contributed by atoms with van der Waals surface area (Å²) in [6, 6.07) is 6.28. The lowest BCUT2D eigenvalue weighted by molar-refractivity contribution is 0.0649. The average Bonchev–Trinajstić information content (AvgIpc) is 2.19. The summed E-state index contributed by atoms with van der Waals surface area (Å²) < 4.78 is 0. The summed E-state index contributed by atoms with van der Waals surface area (Å²) >= 11 is 0. The lowest BCUT2D eigenvalue weighted by atomic mass is 10.00. The molecule has 96 valence electrons. The summed E-state index contributed by atoms with van der Waals surface area (Å²) in [6.07, 6.45) is 0. The Morgan fingerprint density at radius 1 is 1.29 bits per heavy atom. The first kappa shape index (κ1) is 13.8. The maximum absolute atomic E-state index is 9.91. The third-order valence-electron chi connectivity index (χ3n) is 3.16. The molecule has 1 aromatic rings. The van der Waals surface area contributed by atoms with E-state index in [0.29, 0.717) is 0 Å². The van der Waals surface area contributed by atoms with Gasteiger partial charge in [0.05, 0.1) is 11.6 Å². The number of nitrogens with zero attached hydrogens (tertiary/aromatic N) is 1. The molecule has 0 aliphatic heterocycles. The number of anilines is 2. The second-order valence-electron chi connectivity index (χ2n) is 5.41. The number of aryl methyl sites for hydroxylation is 1. The van der Waals surface area contributed by atoms with E-state index in [1.54, 1.807) is 0 Å². The molecule has 2 N–H and O–H groups in total. The zero-order chi connectivity index (χ0) is 13.2. The summed E-state index contributed by atoms with van der Waals surface area (Å²) in [4.78, 5) is 2.08. The lowest BCUT2D eigenvalue weighted by Crippen LogP contribution is -2.39. The van der Waals surface area contributed by atoms with Crippen LogP contribution in [0.15, 0.2) is 18.2 Å². The first-order valence-corrected chi connectivity index (χ1v) is 5.98. The summed E-state index contributed by atoms with van der Waals surface area (Å²) in [5.41, 5.74) is 2.72. The number of benzene rings is 1. The van der Waals surface area contributed by atoms with E-state index in [2.05, 4.69) is 35.3 Å². The van der Waals surface area contributed by atoms with Crippen LogP contribution in [0.25, 0.3) is 0 Å². The van der Waals surface area contributed by atoms with Crippen molar-refractivity contribution in [3.05, 3.63) is 23.8 Å². The Kier molecular flexibility index (Phi) is 4.04. The predicted molar refractivity (Wildman–Crippen MR) is 74.9 cm³/mol. The molecule has 0 bridgehead atoms. The minimum Gasteiger partial charge on any atom is -0.388 e. The fraction of sp³-hybridized carbons (Fsp3) is 0.571. The van der Waals surface area contributed by atoms with E-state index in [-0.39, 0.29) is 6.04 Å². The molecule has 0 spiro atoms. The van der Waals surface area contributed by atoms with Crippen LogP contribution in [0.1, 0.15) is 26.3 Å². The van der Waals surface area contributed by atoms with Crippen molar-refractivity contribution in [3.63, 3.8) is 0 Å². The summed E-state index contributed by atoms with van der Waals surface area (Å²) in [5, 5.41) is 13.3. The van der Waals surface area contributed by atoms with Crippen LogP contribution < -0.4 is 10.2 Å². The number of hydrogen-bond donors (Lipinski definition) is 2. The maximum atomic E-state index is 9.91. The first-order valence-electron chi connectivity index (χ1n) is 5.98. The quantitative estimate of drug-likeness (QED) is 0.843. The highest BCUT2D eigenvalue weighted by molar-refractivity contribution is 5.60. The highest BCUT2D eigenvalue weighted by atomic mass is 16.3. The number of nitrogens with one attached hydrogen (secondary N) is 1. The average molecular weight is 236 g/mol. The van der Waals surface area contributed by atoms with Crippen molar-refractivity contribution in [2.45, 2.75) is 39.3 Å². The van der Waals surface area contributed by atoms with Gasteiger partial charge in [0.15, 0.2) is 0 Å². The Hall–Kier alpha value is -1.22. The normalized spacial score (nSPS) is 13.4. The first-order chi connectivity index (χ1) is 7.71. The topological polar surface area (TPSA) is 35.5 Å². The molecule has 1 aromatic carbocycles. The molecule has 0 heterocycles. The van der Waals surface area contributed by atoms with E-state index >= 15 is 0 Å². The molecule has 0 aliphatic rings. The van der Waals surface area contributed by atoms with E-state index < -0.39 is 5.60 Å². The van der Waals surface area contributed by atoms with Gasteiger partial charge in [-0.25, -0.2) is 0 Å². The zero-order valence-electron chi connectivity index (χ0n) is 11.7. The van der Waals surface area contributed by atoms with Gasteiger partial charge in [0, 0.05) is 25.5 Å². The molecule has 0 saturated heterocycles. The van der Waals surface area contributed by atoms with E-state index in [0.717, 1.165) is 5.69 Å². The molecule has 0 amide bonds. The Balaban J connectivity index is 2.87. The minimum atomic E-state index is -0.730. The third kappa shape index (κ3) is 3.63. The van der Waals surface area contributed by atoms with Gasteiger partial charge in [0.1, 0.15) is 0 Å². The van der Waals surface area contributed by atoms with Gasteiger partial charge >= 0.3 is 0 Å². The Bertz CT molecular complexity index is 380. The SMILES string of the molecule is Cc1cc(N(C)C)ccc1NC(C)C(C)(C)O. The van der Waals surface area contributed by atoms with Crippen molar-refractivity contribution in [1.29, 1.82) is 0 Å². The van der Waals surface area contributed by atoms with Gasteiger partial charge in [-0.05, 0) is 51.5 Å². The predicted octanol–water partition coefficient (Wildman–Crippen LogP) is 2.63. The summed E-state index contributed by atoms with van der Waals surface area (Å²) in [6.45, 7) is 7.69. The number of rotatable bonds is 4. The summed E-state index contributed by atoms with van der Waals surface area (Å²) in [7, 11) is 4.06. The minimum absolute atomic E-state index is 0.00593. The molecule has 0 saturated carbocycles. The molecule has 1 atom stereocenters. The second kappa shape index (κ2) is 4.96. The highest BCUT2D eigenvalue weighted by Crippen LogP contribution is 2.23. The molecule has 17 heavy (non-hydrogen) atoms. The van der Waals surface area contributed by atoms with E-state index in [9.17, 15) is 5.11 Å². The Labute approximate surface area is 104 Å². The Morgan fingerprint density at radius 3 is 2.29 bits per heavy atom. The maximum Gasteiger partial charge on any atom is 0.0789 e. The number of hydrogen-bond acceptors (Lipinski definition) is 3. The van der Waals surface area contributed by atoms with Crippen LogP contribution in [0, 0.1) is 6.92 Å². The van der Waals surface area contributed by atoms with E-state index in [1.165, 1.54) is 11.3 Å². The van der Waals surface area contributed by atoms with Crippen molar-refractivity contribution in [2.75, 3.05) is 24.3 Å². The van der Waals surface area contributed by atoms with Gasteiger partial charge in [-0.1, -0.05) is 0 Å². The molecule has 1 rings (SSSR count). The van der Waals surface area contributed by atoms with E-state index in [4.69, 9.17) is 0 Å². The van der Waals surface area contributed by atoms with Crippen LogP contribution >= 0.6 is 0 Å². The molecular formula is C14H24N2O. The van der Waals surface area contributed by atoms with Crippen LogP contribution in [0.4, 0.5) is 11.4 Å². The molecule has 0 aromatic heterocycles. The largest absolute Gasteiger partial charge is 0.388 e. The van der Waals surface area contributed by atoms with Crippen molar-refractivity contribution >= 4 is 11.4 Å². The fourth-order valence-corrected chi connectivity index (χ4v) is 1.50. The van der Waals surface area contributed by atoms with Crippen molar-refractivity contribution in [2.24, 2.45) is 0 Å². The molecule has 1 unspecified atom stereocenters. The second-order valence-corrected chi connectivity index (χ2v) is 5.41. The smallest absolute Gasteiger partial charge is 0.0789 e. The molecule has 0 radical (unpaired) electrons. The molecule has 3 heteroatoms. The molecule has 0 aliphatic carbocycles. The summed E-state index contributed by atoms with van der Waals surface area (Å²) in [5.74, 6) is 0. The van der Waals surface area contributed by atoms with Crippen LogP contribution in [-0.2, 0) is 0 Å². The van der Waals surface area contributed by atoms with Crippen molar-refractivity contribution < 1.29 is 5.11 Å². The van der Waals surface area contributed by atoms with Crippen LogP contribution in [0.3, 0.4) is 0 Å². The molecular weight excluding hydrogens is 212 g/mol. The van der Waals surface area contributed by atoms with Gasteiger partial charge in [0.2, 0.25) is 0 Å². The molecule has 0 fully saturated rings. The van der Waals surface area contributed by atoms with Gasteiger partial charge in [-0.15, -0.1) is 0 Å². The number of aliphatic hydroxyl groups is 1. The monoisotopic (exact) mass is 236 g/mol. The lowest BCUT2D eigenvalue weighted by Gasteiger charge is -2.28. The third-order valence-corrected chi connectivity index (χ3v) is 3.16.